The highest BCUT2D eigenvalue weighted by Crippen LogP contribution is 2.15. The lowest BCUT2D eigenvalue weighted by Crippen LogP contribution is -2.45. The highest BCUT2D eigenvalue weighted by molar-refractivity contribution is 5.81. The molecule has 1 heterocycles. The van der Waals surface area contributed by atoms with Crippen LogP contribution in [0, 0.1) is 5.82 Å². The van der Waals surface area contributed by atoms with Crippen molar-refractivity contribution in [1.29, 1.82) is 0 Å². The van der Waals surface area contributed by atoms with Crippen molar-refractivity contribution >= 4 is 5.91 Å². The summed E-state index contributed by atoms with van der Waals surface area (Å²) in [5, 5.41) is 6.06. The fraction of sp³-hybridized carbons (Fsp3) is 0.571. The van der Waals surface area contributed by atoms with Crippen LogP contribution in [0.25, 0.3) is 0 Å². The fourth-order valence-electron chi connectivity index (χ4n) is 1.79. The molecule has 0 aliphatic rings. The number of nitrogens with zero attached hydrogens (tertiary/aromatic N) is 1. The van der Waals surface area contributed by atoms with Gasteiger partial charge < -0.3 is 5.32 Å². The largest absolute Gasteiger partial charge is 0.353 e. The molecule has 2 atom stereocenters. The lowest BCUT2D eigenvalue weighted by atomic mass is 10.1. The lowest BCUT2D eigenvalue weighted by Gasteiger charge is -2.22. The SMILES string of the molecule is CCC(NC(C)C(=O)NC(C)C)c1ccc(F)cn1. The van der Waals surface area contributed by atoms with Crippen molar-refractivity contribution in [3.05, 3.63) is 29.8 Å². The molecule has 1 rings (SSSR count). The van der Waals surface area contributed by atoms with Crippen LogP contribution in [0.2, 0.25) is 0 Å². The molecule has 2 unspecified atom stereocenters. The summed E-state index contributed by atoms with van der Waals surface area (Å²) in [6.07, 6.45) is 1.97. The first-order valence-electron chi connectivity index (χ1n) is 6.62. The predicted octanol–water partition coefficient (Wildman–Crippen LogP) is 2.17. The van der Waals surface area contributed by atoms with Crippen LogP contribution in [0.15, 0.2) is 18.3 Å². The van der Waals surface area contributed by atoms with Crippen LogP contribution in [-0.4, -0.2) is 23.0 Å². The third-order valence-electron chi connectivity index (χ3n) is 2.79. The van der Waals surface area contributed by atoms with Gasteiger partial charge in [0.1, 0.15) is 5.82 Å². The van der Waals surface area contributed by atoms with Gasteiger partial charge in [0.15, 0.2) is 0 Å². The Morgan fingerprint density at radius 1 is 1.37 bits per heavy atom. The number of pyridine rings is 1. The topological polar surface area (TPSA) is 54.0 Å². The summed E-state index contributed by atoms with van der Waals surface area (Å²) in [4.78, 5) is 15.9. The number of rotatable bonds is 6. The van der Waals surface area contributed by atoms with E-state index in [1.807, 2.05) is 27.7 Å². The molecule has 1 amide bonds. The van der Waals surface area contributed by atoms with Crippen LogP contribution in [0.3, 0.4) is 0 Å². The zero-order valence-corrected chi connectivity index (χ0v) is 11.9. The molecule has 0 aliphatic heterocycles. The van der Waals surface area contributed by atoms with Gasteiger partial charge >= 0.3 is 0 Å². The molecular weight excluding hydrogens is 245 g/mol. The van der Waals surface area contributed by atoms with E-state index in [2.05, 4.69) is 15.6 Å². The van der Waals surface area contributed by atoms with Gasteiger partial charge in [0.05, 0.1) is 17.9 Å². The Morgan fingerprint density at radius 2 is 2.05 bits per heavy atom. The summed E-state index contributed by atoms with van der Waals surface area (Å²) in [6, 6.07) is 2.75. The van der Waals surface area contributed by atoms with E-state index in [1.165, 1.54) is 12.3 Å². The number of halogens is 1. The number of hydrogen-bond acceptors (Lipinski definition) is 3. The van der Waals surface area contributed by atoms with Gasteiger partial charge in [-0.1, -0.05) is 6.92 Å². The Morgan fingerprint density at radius 3 is 2.53 bits per heavy atom. The maximum atomic E-state index is 12.8. The molecule has 0 bridgehead atoms. The third kappa shape index (κ3) is 4.95. The number of carbonyl (C=O) groups is 1. The van der Waals surface area contributed by atoms with E-state index in [4.69, 9.17) is 0 Å². The van der Waals surface area contributed by atoms with Crippen molar-refractivity contribution < 1.29 is 9.18 Å². The number of nitrogens with one attached hydrogen (secondary N) is 2. The second-order valence-corrected chi connectivity index (χ2v) is 4.91. The average Bonchev–Trinajstić information content (AvgIpc) is 2.36. The zero-order chi connectivity index (χ0) is 14.4. The standard InChI is InChI=1S/C14H22FN3O/c1-5-12(13-7-6-11(15)8-16-13)18-10(4)14(19)17-9(2)3/h6-10,12,18H,5H2,1-4H3,(H,17,19). The van der Waals surface area contributed by atoms with Crippen LogP contribution in [0.4, 0.5) is 4.39 Å². The fourth-order valence-corrected chi connectivity index (χ4v) is 1.79. The molecule has 0 spiro atoms. The van der Waals surface area contributed by atoms with Gasteiger partial charge in [0.2, 0.25) is 5.91 Å². The summed E-state index contributed by atoms with van der Waals surface area (Å²) in [7, 11) is 0. The molecule has 1 aromatic heterocycles. The van der Waals surface area contributed by atoms with Crippen LogP contribution in [-0.2, 0) is 4.79 Å². The number of amides is 1. The van der Waals surface area contributed by atoms with Crippen molar-refractivity contribution in [1.82, 2.24) is 15.6 Å². The maximum Gasteiger partial charge on any atom is 0.237 e. The Hall–Kier alpha value is -1.49. The summed E-state index contributed by atoms with van der Waals surface area (Å²) < 4.78 is 12.8. The molecule has 0 aromatic carbocycles. The molecule has 4 nitrogen and oxygen atoms in total. The molecule has 0 radical (unpaired) electrons. The summed E-state index contributed by atoms with van der Waals surface area (Å²) in [5.74, 6) is -0.403. The Kier molecular flexibility index (Phi) is 5.89. The van der Waals surface area contributed by atoms with E-state index in [0.29, 0.717) is 0 Å². The minimum atomic E-state index is -0.357. The minimum Gasteiger partial charge on any atom is -0.353 e. The van der Waals surface area contributed by atoms with Gasteiger partial charge in [0, 0.05) is 12.1 Å². The molecule has 0 fully saturated rings. The van der Waals surface area contributed by atoms with E-state index in [1.54, 1.807) is 6.07 Å². The minimum absolute atomic E-state index is 0.0458. The first-order valence-corrected chi connectivity index (χ1v) is 6.62. The van der Waals surface area contributed by atoms with Crippen molar-refractivity contribution in [2.45, 2.75) is 52.2 Å². The van der Waals surface area contributed by atoms with E-state index < -0.39 is 0 Å². The zero-order valence-electron chi connectivity index (χ0n) is 11.9. The predicted molar refractivity (Wildman–Crippen MR) is 73.1 cm³/mol. The summed E-state index contributed by atoms with van der Waals surface area (Å²) >= 11 is 0. The highest BCUT2D eigenvalue weighted by Gasteiger charge is 2.19. The van der Waals surface area contributed by atoms with Gasteiger partial charge in [-0.25, -0.2) is 4.39 Å². The van der Waals surface area contributed by atoms with E-state index in [9.17, 15) is 9.18 Å². The normalized spacial score (nSPS) is 14.2. The smallest absolute Gasteiger partial charge is 0.237 e. The second-order valence-electron chi connectivity index (χ2n) is 4.91. The van der Waals surface area contributed by atoms with Gasteiger partial charge in [-0.2, -0.15) is 0 Å². The molecule has 19 heavy (non-hydrogen) atoms. The lowest BCUT2D eigenvalue weighted by molar-refractivity contribution is -0.123. The van der Waals surface area contributed by atoms with Gasteiger partial charge in [-0.15, -0.1) is 0 Å². The number of aromatic nitrogens is 1. The Labute approximate surface area is 113 Å². The van der Waals surface area contributed by atoms with Crippen molar-refractivity contribution in [2.24, 2.45) is 0 Å². The van der Waals surface area contributed by atoms with Gasteiger partial charge in [-0.3, -0.25) is 15.1 Å². The molecule has 0 aliphatic carbocycles. The monoisotopic (exact) mass is 267 g/mol. The van der Waals surface area contributed by atoms with Crippen LogP contribution < -0.4 is 10.6 Å². The highest BCUT2D eigenvalue weighted by atomic mass is 19.1. The Balaban J connectivity index is 2.66. The first kappa shape index (κ1) is 15.6. The number of hydrogen-bond donors (Lipinski definition) is 2. The second kappa shape index (κ2) is 7.19. The first-order chi connectivity index (χ1) is 8.93. The molecule has 2 N–H and O–H groups in total. The van der Waals surface area contributed by atoms with Crippen molar-refractivity contribution in [2.75, 3.05) is 0 Å². The van der Waals surface area contributed by atoms with Gasteiger partial charge in [-0.05, 0) is 39.3 Å². The molecule has 5 heteroatoms. The quantitative estimate of drug-likeness (QED) is 0.830. The van der Waals surface area contributed by atoms with E-state index in [-0.39, 0.29) is 29.8 Å². The molecule has 0 saturated carbocycles. The summed E-state index contributed by atoms with van der Waals surface area (Å²) in [5.41, 5.74) is 0.744. The van der Waals surface area contributed by atoms with Crippen LogP contribution in [0.1, 0.15) is 45.9 Å². The van der Waals surface area contributed by atoms with E-state index in [0.717, 1.165) is 12.1 Å². The molecular formula is C14H22FN3O. The summed E-state index contributed by atoms with van der Waals surface area (Å²) in [6.45, 7) is 7.65. The number of carbonyl (C=O) groups excluding carboxylic acids is 1. The van der Waals surface area contributed by atoms with Gasteiger partial charge in [0.25, 0.3) is 0 Å². The van der Waals surface area contributed by atoms with E-state index >= 15 is 0 Å². The van der Waals surface area contributed by atoms with Crippen LogP contribution in [0.5, 0.6) is 0 Å². The van der Waals surface area contributed by atoms with Crippen molar-refractivity contribution in [3.8, 4) is 0 Å². The molecule has 0 saturated heterocycles. The van der Waals surface area contributed by atoms with Crippen LogP contribution >= 0.6 is 0 Å². The third-order valence-corrected chi connectivity index (χ3v) is 2.79. The molecule has 106 valence electrons. The maximum absolute atomic E-state index is 12.8. The average molecular weight is 267 g/mol. The molecule has 1 aromatic rings. The Bertz CT molecular complexity index is 406. The van der Waals surface area contributed by atoms with Crippen molar-refractivity contribution in [3.63, 3.8) is 0 Å².